The highest BCUT2D eigenvalue weighted by Gasteiger charge is 2.45. The molecule has 1 aliphatic carbocycles. The fraction of sp³-hybridized carbons (Fsp3) is 0.364. The van der Waals surface area contributed by atoms with Gasteiger partial charge in [-0.25, -0.2) is 4.39 Å². The largest absolute Gasteiger partial charge is 0.432 e. The maximum Gasteiger partial charge on any atom is 0.387 e. The average molecular weight is 297 g/mol. The molecule has 4 nitrogen and oxygen atoms in total. The van der Waals surface area contributed by atoms with Gasteiger partial charge in [0, 0.05) is 11.8 Å². The van der Waals surface area contributed by atoms with Crippen LogP contribution in [0.1, 0.15) is 12.8 Å². The van der Waals surface area contributed by atoms with E-state index in [9.17, 15) is 18.0 Å². The summed E-state index contributed by atoms with van der Waals surface area (Å²) in [6, 6.07) is 3.19. The number of rotatable bonds is 4. The fourth-order valence-corrected chi connectivity index (χ4v) is 1.39. The predicted octanol–water partition coefficient (Wildman–Crippen LogP) is 2.28. The van der Waals surface area contributed by atoms with E-state index in [1.807, 2.05) is 0 Å². The van der Waals surface area contributed by atoms with E-state index in [0.717, 1.165) is 12.1 Å². The zero-order valence-corrected chi connectivity index (χ0v) is 10.5. The lowest BCUT2D eigenvalue weighted by molar-refractivity contribution is -0.118. The van der Waals surface area contributed by atoms with Crippen LogP contribution < -0.4 is 15.8 Å². The van der Waals surface area contributed by atoms with Gasteiger partial charge in [0.25, 0.3) is 0 Å². The summed E-state index contributed by atoms with van der Waals surface area (Å²) < 4.78 is 41.1. The molecule has 0 spiro atoms. The Morgan fingerprint density at radius 3 is 2.53 bits per heavy atom. The molecule has 1 fully saturated rings. The topological polar surface area (TPSA) is 64.4 Å². The molecule has 0 atom stereocenters. The Morgan fingerprint density at radius 1 is 1.42 bits per heavy atom. The molecule has 0 aromatic heterocycles. The summed E-state index contributed by atoms with van der Waals surface area (Å²) in [7, 11) is 0. The van der Waals surface area contributed by atoms with Crippen molar-refractivity contribution in [2.24, 2.45) is 5.73 Å². The van der Waals surface area contributed by atoms with E-state index < -0.39 is 29.6 Å². The van der Waals surface area contributed by atoms with Gasteiger partial charge in [-0.1, -0.05) is 0 Å². The van der Waals surface area contributed by atoms with Crippen LogP contribution >= 0.6 is 12.4 Å². The second kappa shape index (κ2) is 5.66. The average Bonchev–Trinajstić information content (AvgIpc) is 3.01. The molecule has 0 bridgehead atoms. The third-order valence-electron chi connectivity index (χ3n) is 2.65. The first-order valence-electron chi connectivity index (χ1n) is 5.25. The van der Waals surface area contributed by atoms with Gasteiger partial charge >= 0.3 is 6.61 Å². The summed E-state index contributed by atoms with van der Waals surface area (Å²) in [5, 5.41) is 2.42. The van der Waals surface area contributed by atoms with Crippen molar-refractivity contribution < 1.29 is 22.7 Å². The number of nitrogens with one attached hydrogen (secondary N) is 1. The summed E-state index contributed by atoms with van der Waals surface area (Å²) in [4.78, 5) is 11.6. The number of ether oxygens (including phenoxy) is 1. The lowest BCUT2D eigenvalue weighted by atomic mass is 10.2. The summed E-state index contributed by atoms with van der Waals surface area (Å²) in [6.45, 7) is -3.10. The van der Waals surface area contributed by atoms with Gasteiger partial charge in [0.15, 0.2) is 11.6 Å². The Morgan fingerprint density at radius 2 is 2.05 bits per heavy atom. The number of nitrogens with two attached hydrogens (primary N) is 1. The van der Waals surface area contributed by atoms with Gasteiger partial charge in [0.05, 0.1) is 5.54 Å². The minimum Gasteiger partial charge on any atom is -0.432 e. The van der Waals surface area contributed by atoms with Crippen LogP contribution in [0, 0.1) is 5.82 Å². The van der Waals surface area contributed by atoms with Gasteiger partial charge in [-0.2, -0.15) is 8.78 Å². The smallest absolute Gasteiger partial charge is 0.387 e. The zero-order valence-electron chi connectivity index (χ0n) is 9.66. The molecular weight excluding hydrogens is 285 g/mol. The van der Waals surface area contributed by atoms with Crippen LogP contribution in [0.15, 0.2) is 18.2 Å². The molecule has 1 aliphatic rings. The minimum absolute atomic E-state index is 0. The summed E-state index contributed by atoms with van der Waals surface area (Å²) in [5.74, 6) is -1.96. The number of alkyl halides is 2. The third kappa shape index (κ3) is 3.74. The molecule has 19 heavy (non-hydrogen) atoms. The Labute approximate surface area is 113 Å². The molecule has 1 aromatic rings. The van der Waals surface area contributed by atoms with Crippen molar-refractivity contribution in [3.05, 3.63) is 24.0 Å². The van der Waals surface area contributed by atoms with Crippen molar-refractivity contribution in [2.45, 2.75) is 25.0 Å². The highest BCUT2D eigenvalue weighted by atomic mass is 35.5. The molecule has 1 amide bonds. The normalized spacial score (nSPS) is 15.6. The summed E-state index contributed by atoms with van der Waals surface area (Å²) in [5.41, 5.74) is 4.91. The summed E-state index contributed by atoms with van der Waals surface area (Å²) >= 11 is 0. The van der Waals surface area contributed by atoms with Crippen molar-refractivity contribution in [1.82, 2.24) is 0 Å². The second-order valence-corrected chi connectivity index (χ2v) is 4.13. The number of halogens is 4. The monoisotopic (exact) mass is 296 g/mol. The molecule has 0 aliphatic heterocycles. The van der Waals surface area contributed by atoms with Gasteiger partial charge in [-0.3, -0.25) is 4.79 Å². The predicted molar refractivity (Wildman–Crippen MR) is 65.1 cm³/mol. The number of hydrogen-bond donors (Lipinski definition) is 2. The van der Waals surface area contributed by atoms with Crippen molar-refractivity contribution in [1.29, 1.82) is 0 Å². The quantitative estimate of drug-likeness (QED) is 0.896. The molecule has 1 aromatic carbocycles. The number of carbonyl (C=O) groups is 1. The molecule has 3 N–H and O–H groups in total. The van der Waals surface area contributed by atoms with E-state index in [2.05, 4.69) is 10.1 Å². The number of amides is 1. The van der Waals surface area contributed by atoms with E-state index in [0.29, 0.717) is 12.8 Å². The first-order chi connectivity index (χ1) is 8.40. The summed E-state index contributed by atoms with van der Waals surface area (Å²) in [6.07, 6.45) is 1.15. The van der Waals surface area contributed by atoms with Crippen molar-refractivity contribution in [2.75, 3.05) is 5.32 Å². The lowest BCUT2D eigenvalue weighted by Crippen LogP contribution is -2.37. The lowest BCUT2D eigenvalue weighted by Gasteiger charge is -2.11. The van der Waals surface area contributed by atoms with Crippen molar-refractivity contribution in [3.8, 4) is 5.75 Å². The van der Waals surface area contributed by atoms with Crippen LogP contribution in [0.25, 0.3) is 0 Å². The maximum atomic E-state index is 13.3. The number of benzene rings is 1. The Balaban J connectivity index is 0.00000180. The first kappa shape index (κ1) is 15.6. The number of carbonyl (C=O) groups excluding carboxylic acids is 1. The number of anilines is 1. The van der Waals surface area contributed by atoms with E-state index in [4.69, 9.17) is 5.73 Å². The van der Waals surface area contributed by atoms with Crippen LogP contribution in [-0.4, -0.2) is 18.1 Å². The van der Waals surface area contributed by atoms with Crippen LogP contribution in [0.3, 0.4) is 0 Å². The standard InChI is InChI=1S/C11H11F3N2O2.ClH/c12-7-5-6(1-2-8(7)18-10(13)14)16-9(17)11(15)3-4-11;/h1-2,5,10H,3-4,15H2,(H,16,17);1H. The molecule has 2 rings (SSSR count). The van der Waals surface area contributed by atoms with E-state index in [1.165, 1.54) is 6.07 Å². The van der Waals surface area contributed by atoms with E-state index >= 15 is 0 Å². The molecule has 106 valence electrons. The van der Waals surface area contributed by atoms with Crippen LogP contribution in [-0.2, 0) is 4.79 Å². The van der Waals surface area contributed by atoms with Gasteiger partial charge in [0.2, 0.25) is 5.91 Å². The molecular formula is C11H12ClF3N2O2. The van der Waals surface area contributed by atoms with Crippen LogP contribution in [0.5, 0.6) is 5.75 Å². The van der Waals surface area contributed by atoms with E-state index in [1.54, 1.807) is 0 Å². The van der Waals surface area contributed by atoms with E-state index in [-0.39, 0.29) is 18.1 Å². The molecule has 0 saturated heterocycles. The highest BCUT2D eigenvalue weighted by Crippen LogP contribution is 2.33. The highest BCUT2D eigenvalue weighted by molar-refractivity contribution is 6.00. The molecule has 0 radical (unpaired) electrons. The van der Waals surface area contributed by atoms with Crippen LogP contribution in [0.2, 0.25) is 0 Å². The zero-order chi connectivity index (χ0) is 13.3. The Kier molecular flexibility index (Phi) is 4.65. The van der Waals surface area contributed by atoms with Gasteiger partial charge in [-0.15, -0.1) is 12.4 Å². The SMILES string of the molecule is Cl.NC1(C(=O)Nc2ccc(OC(F)F)c(F)c2)CC1. The maximum absolute atomic E-state index is 13.3. The third-order valence-corrected chi connectivity index (χ3v) is 2.65. The van der Waals surface area contributed by atoms with Gasteiger partial charge < -0.3 is 15.8 Å². The molecule has 0 unspecified atom stereocenters. The van der Waals surface area contributed by atoms with Gasteiger partial charge in [0.1, 0.15) is 0 Å². The Hall–Kier alpha value is -1.47. The van der Waals surface area contributed by atoms with Crippen molar-refractivity contribution in [3.63, 3.8) is 0 Å². The minimum atomic E-state index is -3.10. The van der Waals surface area contributed by atoms with Crippen LogP contribution in [0.4, 0.5) is 18.9 Å². The molecule has 0 heterocycles. The van der Waals surface area contributed by atoms with Crippen molar-refractivity contribution >= 4 is 24.0 Å². The first-order valence-corrected chi connectivity index (χ1v) is 5.25. The molecule has 8 heteroatoms. The van der Waals surface area contributed by atoms with Gasteiger partial charge in [-0.05, 0) is 25.0 Å². The molecule has 1 saturated carbocycles. The Bertz CT molecular complexity index is 481. The fourth-order valence-electron chi connectivity index (χ4n) is 1.39. The second-order valence-electron chi connectivity index (χ2n) is 4.13. The number of hydrogen-bond acceptors (Lipinski definition) is 3.